The molecule has 0 aliphatic rings. The molecule has 1 amide bonds. The van der Waals surface area contributed by atoms with Crippen molar-refractivity contribution in [1.82, 2.24) is 34.5 Å². The van der Waals surface area contributed by atoms with Gasteiger partial charge in [-0.2, -0.15) is 5.10 Å². The fourth-order valence-corrected chi connectivity index (χ4v) is 3.98. The van der Waals surface area contributed by atoms with E-state index in [1.54, 1.807) is 47.2 Å². The van der Waals surface area contributed by atoms with E-state index in [2.05, 4.69) is 30.7 Å². The van der Waals surface area contributed by atoms with Crippen molar-refractivity contribution >= 4 is 34.0 Å². The molecule has 0 aliphatic carbocycles. The van der Waals surface area contributed by atoms with Crippen LogP contribution in [0.25, 0.3) is 28.1 Å². The number of hydrogen-bond acceptors (Lipinski definition) is 9. The first-order valence-corrected chi connectivity index (χ1v) is 11.1. The van der Waals surface area contributed by atoms with Gasteiger partial charge in [-0.1, -0.05) is 12.1 Å². The maximum Gasteiger partial charge on any atom is 0.259 e. The van der Waals surface area contributed by atoms with Crippen molar-refractivity contribution in [2.24, 2.45) is 0 Å². The molecule has 5 aromatic heterocycles. The molecule has 6 aromatic rings. The number of aryl methyl sites for hydroxylation is 1. The van der Waals surface area contributed by atoms with Gasteiger partial charge in [0.15, 0.2) is 17.3 Å². The summed E-state index contributed by atoms with van der Waals surface area (Å²) in [5.41, 5.74) is 9.43. The lowest BCUT2D eigenvalue weighted by Crippen LogP contribution is -2.11. The number of carbonyl (C=O) groups is 1. The Bertz CT molecular complexity index is 1730. The number of nitrogens with zero attached hydrogens (tertiary/aromatic N) is 7. The van der Waals surface area contributed by atoms with Crippen molar-refractivity contribution in [1.29, 1.82) is 0 Å². The highest BCUT2D eigenvalue weighted by molar-refractivity contribution is 6.08. The van der Waals surface area contributed by atoms with Gasteiger partial charge in [0.2, 0.25) is 5.88 Å². The summed E-state index contributed by atoms with van der Waals surface area (Å²) < 4.78 is 14.3. The van der Waals surface area contributed by atoms with Crippen LogP contribution in [-0.2, 0) is 6.54 Å². The lowest BCUT2D eigenvalue weighted by Gasteiger charge is -2.09. The third-order valence-corrected chi connectivity index (χ3v) is 5.64. The molecule has 0 unspecified atom stereocenters. The minimum absolute atomic E-state index is 0.160. The Labute approximate surface area is 203 Å². The minimum atomic E-state index is -0.270. The third kappa shape index (κ3) is 3.66. The number of rotatable bonds is 6. The number of amides is 1. The average Bonchev–Trinajstić information content (AvgIpc) is 3.60. The van der Waals surface area contributed by atoms with Gasteiger partial charge in [-0.3, -0.25) is 4.79 Å². The number of pyridine rings is 2. The minimum Gasteiger partial charge on any atom is -0.439 e. The largest absolute Gasteiger partial charge is 0.439 e. The van der Waals surface area contributed by atoms with E-state index in [1.807, 2.05) is 29.7 Å². The molecule has 6 rings (SSSR count). The summed E-state index contributed by atoms with van der Waals surface area (Å²) >= 11 is 0. The molecule has 12 nitrogen and oxygen atoms in total. The van der Waals surface area contributed by atoms with Crippen LogP contribution >= 0.6 is 0 Å². The van der Waals surface area contributed by atoms with Crippen molar-refractivity contribution in [2.45, 2.75) is 13.5 Å². The van der Waals surface area contributed by atoms with Gasteiger partial charge in [0.25, 0.3) is 5.91 Å². The number of carbonyl (C=O) groups excluding carboxylic acids is 1. The maximum absolute atomic E-state index is 12.8. The Morgan fingerprint density at radius 1 is 1.11 bits per heavy atom. The number of nitrogen functional groups attached to an aromatic ring is 1. The summed E-state index contributed by atoms with van der Waals surface area (Å²) in [5, 5.41) is 14.6. The number of ether oxygens (including phenoxy) is 1. The molecule has 1 aromatic carbocycles. The topological polar surface area (TPSA) is 151 Å². The highest BCUT2D eigenvalue weighted by atomic mass is 16.6. The highest BCUT2D eigenvalue weighted by Gasteiger charge is 2.19. The van der Waals surface area contributed by atoms with Crippen LogP contribution in [0, 0.1) is 0 Å². The molecule has 0 radical (unpaired) electrons. The molecular formula is C24H19N9O3. The van der Waals surface area contributed by atoms with Gasteiger partial charge in [-0.15, -0.1) is 0 Å². The van der Waals surface area contributed by atoms with E-state index in [4.69, 9.17) is 15.1 Å². The van der Waals surface area contributed by atoms with E-state index in [0.29, 0.717) is 46.5 Å². The molecule has 0 fully saturated rings. The Kier molecular flexibility index (Phi) is 5.03. The van der Waals surface area contributed by atoms with Crippen LogP contribution in [0.4, 0.5) is 11.5 Å². The number of nitrogens with one attached hydrogen (secondary N) is 1. The Morgan fingerprint density at radius 3 is 2.86 bits per heavy atom. The Balaban J connectivity index is 1.26. The number of imidazole rings is 1. The first-order valence-electron chi connectivity index (χ1n) is 11.1. The van der Waals surface area contributed by atoms with Crippen molar-refractivity contribution < 1.29 is 14.2 Å². The zero-order valence-corrected chi connectivity index (χ0v) is 19.0. The molecule has 0 bridgehead atoms. The van der Waals surface area contributed by atoms with Crippen LogP contribution in [0.5, 0.6) is 11.6 Å². The SMILES string of the molecule is CCn1c(-c2nonc2N)nc2cnc(Oc3cccc(NC(=O)c4cnn5ccccc45)c3)cc21. The lowest BCUT2D eigenvalue weighted by atomic mass is 10.2. The number of hydrogen-bond donors (Lipinski definition) is 2. The quantitative estimate of drug-likeness (QED) is 0.362. The third-order valence-electron chi connectivity index (χ3n) is 5.64. The normalized spacial score (nSPS) is 11.2. The molecule has 5 heterocycles. The molecule has 0 aliphatic heterocycles. The van der Waals surface area contributed by atoms with E-state index in [9.17, 15) is 4.79 Å². The van der Waals surface area contributed by atoms with Gasteiger partial charge in [0, 0.05) is 30.6 Å². The first kappa shape index (κ1) is 21.3. The van der Waals surface area contributed by atoms with Crippen molar-refractivity contribution in [3.05, 3.63) is 72.7 Å². The molecule has 0 saturated carbocycles. The predicted molar refractivity (Wildman–Crippen MR) is 131 cm³/mol. The number of aromatic nitrogens is 7. The standard InChI is InChI=1S/C24H19N9O3/c1-2-32-19-11-20(26-13-17(19)29-23(32)21-22(25)31-36-30-21)35-15-7-5-6-14(10-15)28-24(34)16-12-27-33-9-4-3-8-18(16)33/h3-13H,2H2,1H3,(H2,25,31)(H,28,34). The van der Waals surface area contributed by atoms with Gasteiger partial charge in [-0.25, -0.2) is 19.1 Å². The second-order valence-corrected chi connectivity index (χ2v) is 7.86. The first-order chi connectivity index (χ1) is 17.6. The van der Waals surface area contributed by atoms with Crippen molar-refractivity contribution in [3.8, 4) is 23.1 Å². The van der Waals surface area contributed by atoms with Crippen LogP contribution in [0.2, 0.25) is 0 Å². The van der Waals surface area contributed by atoms with Crippen LogP contribution in [-0.4, -0.2) is 40.4 Å². The van der Waals surface area contributed by atoms with Crippen LogP contribution in [0.1, 0.15) is 17.3 Å². The van der Waals surface area contributed by atoms with Crippen LogP contribution in [0.3, 0.4) is 0 Å². The van der Waals surface area contributed by atoms with E-state index in [1.165, 1.54) is 6.20 Å². The molecule has 0 saturated heterocycles. The Morgan fingerprint density at radius 2 is 2.03 bits per heavy atom. The average molecular weight is 481 g/mol. The fraction of sp³-hybridized carbons (Fsp3) is 0.0833. The summed E-state index contributed by atoms with van der Waals surface area (Å²) in [6.07, 6.45) is 4.94. The molecule has 36 heavy (non-hydrogen) atoms. The smallest absolute Gasteiger partial charge is 0.259 e. The van der Waals surface area contributed by atoms with Crippen molar-refractivity contribution in [2.75, 3.05) is 11.1 Å². The van der Waals surface area contributed by atoms with Gasteiger partial charge in [0.05, 0.1) is 29.0 Å². The van der Waals surface area contributed by atoms with E-state index in [0.717, 1.165) is 11.0 Å². The summed E-state index contributed by atoms with van der Waals surface area (Å²) in [5.74, 6) is 1.29. The predicted octanol–water partition coefficient (Wildman–Crippen LogP) is 3.78. The van der Waals surface area contributed by atoms with E-state index < -0.39 is 0 Å². The monoisotopic (exact) mass is 481 g/mol. The van der Waals surface area contributed by atoms with Crippen molar-refractivity contribution in [3.63, 3.8) is 0 Å². The highest BCUT2D eigenvalue weighted by Crippen LogP contribution is 2.30. The van der Waals surface area contributed by atoms with E-state index in [-0.39, 0.29) is 11.7 Å². The maximum atomic E-state index is 12.8. The van der Waals surface area contributed by atoms with Crippen LogP contribution < -0.4 is 15.8 Å². The Hall–Kier alpha value is -5.26. The van der Waals surface area contributed by atoms with E-state index >= 15 is 0 Å². The summed E-state index contributed by atoms with van der Waals surface area (Å²) in [6, 6.07) is 14.4. The van der Waals surface area contributed by atoms with Gasteiger partial charge < -0.3 is 20.4 Å². The van der Waals surface area contributed by atoms with Gasteiger partial charge in [-0.05, 0) is 41.5 Å². The van der Waals surface area contributed by atoms with Gasteiger partial charge >= 0.3 is 0 Å². The number of fused-ring (bicyclic) bond motifs is 2. The molecule has 12 heteroatoms. The summed E-state index contributed by atoms with van der Waals surface area (Å²) in [6.45, 7) is 2.58. The second-order valence-electron chi connectivity index (χ2n) is 7.86. The second kappa shape index (κ2) is 8.51. The summed E-state index contributed by atoms with van der Waals surface area (Å²) in [4.78, 5) is 21.8. The van der Waals surface area contributed by atoms with Crippen LogP contribution in [0.15, 0.2) is 71.8 Å². The molecular weight excluding hydrogens is 462 g/mol. The summed E-state index contributed by atoms with van der Waals surface area (Å²) in [7, 11) is 0. The number of nitrogens with two attached hydrogens (primary N) is 1. The molecule has 3 N–H and O–H groups in total. The molecule has 0 spiro atoms. The zero-order valence-electron chi connectivity index (χ0n) is 19.0. The zero-order chi connectivity index (χ0) is 24.6. The number of anilines is 2. The lowest BCUT2D eigenvalue weighted by molar-refractivity contribution is 0.102. The fourth-order valence-electron chi connectivity index (χ4n) is 3.98. The molecule has 178 valence electrons. The number of benzene rings is 1. The molecule has 0 atom stereocenters. The van der Waals surface area contributed by atoms with Gasteiger partial charge in [0.1, 0.15) is 11.3 Å².